The Morgan fingerprint density at radius 2 is 1.60 bits per heavy atom. The van der Waals surface area contributed by atoms with E-state index in [2.05, 4.69) is 10.1 Å². The molecule has 120 valence electrons. The molecule has 1 rings (SSSR count). The van der Waals surface area contributed by atoms with E-state index in [0.717, 1.165) is 6.42 Å². The van der Waals surface area contributed by atoms with Crippen LogP contribution in [0, 0.1) is 5.41 Å². The van der Waals surface area contributed by atoms with E-state index in [9.17, 15) is 26.3 Å². The number of likely N-dealkylation sites (N-methyl/N-ethyl adjacent to an activating group) is 1. The molecule has 1 fully saturated rings. The molecule has 0 spiro atoms. The standard InChI is InChI=1S/C12H19F6NO/c1-10(2)6-4-5-7(8(10)19-3)20-9(11(13,14)15)12(16,17)18/h7-9,19H,4-6H2,1-3H3. The molecule has 0 aromatic carbocycles. The zero-order chi connectivity index (χ0) is 15.8. The summed E-state index contributed by atoms with van der Waals surface area (Å²) in [6.45, 7) is 3.61. The fraction of sp³-hybridized carbons (Fsp3) is 1.00. The lowest BCUT2D eigenvalue weighted by Crippen LogP contribution is -2.56. The Hall–Kier alpha value is -0.500. The summed E-state index contributed by atoms with van der Waals surface area (Å²) in [5.41, 5.74) is -0.417. The molecule has 0 bridgehead atoms. The highest BCUT2D eigenvalue weighted by atomic mass is 19.4. The molecule has 8 heteroatoms. The van der Waals surface area contributed by atoms with E-state index in [1.54, 1.807) is 13.8 Å². The van der Waals surface area contributed by atoms with Crippen LogP contribution in [-0.4, -0.2) is 37.7 Å². The number of hydrogen-bond donors (Lipinski definition) is 1. The highest BCUT2D eigenvalue weighted by molar-refractivity contribution is 4.95. The maximum atomic E-state index is 12.5. The summed E-state index contributed by atoms with van der Waals surface area (Å²) in [6, 6.07) is -0.552. The molecule has 1 saturated carbocycles. The largest absolute Gasteiger partial charge is 0.423 e. The number of nitrogens with one attached hydrogen (secondary N) is 1. The second-order valence-corrected chi connectivity index (χ2v) is 5.78. The molecular weight excluding hydrogens is 288 g/mol. The third kappa shape index (κ3) is 4.00. The predicted molar refractivity (Wildman–Crippen MR) is 61.3 cm³/mol. The Bertz CT molecular complexity index is 311. The summed E-state index contributed by atoms with van der Waals surface area (Å²) in [4.78, 5) is 0. The zero-order valence-corrected chi connectivity index (χ0v) is 11.5. The molecule has 0 saturated heterocycles. The van der Waals surface area contributed by atoms with Crippen LogP contribution in [0.3, 0.4) is 0 Å². The molecule has 0 heterocycles. The van der Waals surface area contributed by atoms with Gasteiger partial charge in [-0.1, -0.05) is 20.3 Å². The number of halogens is 6. The number of hydrogen-bond acceptors (Lipinski definition) is 2. The molecule has 1 aliphatic carbocycles. The quantitative estimate of drug-likeness (QED) is 0.803. The molecule has 20 heavy (non-hydrogen) atoms. The topological polar surface area (TPSA) is 21.3 Å². The van der Waals surface area contributed by atoms with E-state index >= 15 is 0 Å². The molecule has 2 unspecified atom stereocenters. The number of alkyl halides is 6. The minimum atomic E-state index is -5.46. The van der Waals surface area contributed by atoms with Crippen molar-refractivity contribution in [3.63, 3.8) is 0 Å². The van der Waals surface area contributed by atoms with Gasteiger partial charge in [0.25, 0.3) is 0 Å². The van der Waals surface area contributed by atoms with Gasteiger partial charge in [-0.3, -0.25) is 0 Å². The van der Waals surface area contributed by atoms with Crippen LogP contribution in [0.1, 0.15) is 33.1 Å². The van der Waals surface area contributed by atoms with Crippen molar-refractivity contribution in [2.75, 3.05) is 7.05 Å². The lowest BCUT2D eigenvalue weighted by atomic mass is 9.72. The summed E-state index contributed by atoms with van der Waals surface area (Å²) in [6.07, 6.45) is -14.3. The first-order valence-electron chi connectivity index (χ1n) is 6.36. The van der Waals surface area contributed by atoms with Crippen LogP contribution in [0.5, 0.6) is 0 Å². The van der Waals surface area contributed by atoms with Crippen LogP contribution in [0.25, 0.3) is 0 Å². The van der Waals surface area contributed by atoms with E-state index < -0.39 is 36.0 Å². The van der Waals surface area contributed by atoms with Crippen LogP contribution in [0.2, 0.25) is 0 Å². The molecule has 1 N–H and O–H groups in total. The van der Waals surface area contributed by atoms with Gasteiger partial charge < -0.3 is 10.1 Å². The average Bonchev–Trinajstić information content (AvgIpc) is 2.21. The van der Waals surface area contributed by atoms with Gasteiger partial charge in [-0.15, -0.1) is 0 Å². The third-order valence-electron chi connectivity index (χ3n) is 3.74. The molecule has 0 amide bonds. The van der Waals surface area contributed by atoms with Gasteiger partial charge in [-0.25, -0.2) is 0 Å². The first kappa shape index (κ1) is 17.6. The maximum Gasteiger partial charge on any atom is 0.423 e. The summed E-state index contributed by atoms with van der Waals surface area (Å²) in [7, 11) is 1.52. The van der Waals surface area contributed by atoms with Gasteiger partial charge in [-0.05, 0) is 25.3 Å². The van der Waals surface area contributed by atoms with Crippen molar-refractivity contribution in [3.05, 3.63) is 0 Å². The predicted octanol–water partition coefficient (Wildman–Crippen LogP) is 3.66. The van der Waals surface area contributed by atoms with Crippen LogP contribution in [0.4, 0.5) is 26.3 Å². The zero-order valence-electron chi connectivity index (χ0n) is 11.5. The van der Waals surface area contributed by atoms with Crippen LogP contribution in [0.15, 0.2) is 0 Å². The van der Waals surface area contributed by atoms with Crippen molar-refractivity contribution in [2.45, 2.75) is 63.7 Å². The Kier molecular flexibility index (Phi) is 5.01. The Morgan fingerprint density at radius 3 is 2.00 bits per heavy atom. The van der Waals surface area contributed by atoms with Gasteiger partial charge in [0.05, 0.1) is 6.10 Å². The minimum absolute atomic E-state index is 0.178. The molecule has 2 atom stereocenters. The van der Waals surface area contributed by atoms with E-state index in [1.807, 2.05) is 0 Å². The van der Waals surface area contributed by atoms with Crippen molar-refractivity contribution in [1.29, 1.82) is 0 Å². The van der Waals surface area contributed by atoms with E-state index in [4.69, 9.17) is 0 Å². The van der Waals surface area contributed by atoms with Crippen molar-refractivity contribution >= 4 is 0 Å². The highest BCUT2D eigenvalue weighted by Crippen LogP contribution is 2.41. The summed E-state index contributed by atoms with van der Waals surface area (Å²) >= 11 is 0. The molecule has 0 radical (unpaired) electrons. The molecule has 2 nitrogen and oxygen atoms in total. The first-order valence-corrected chi connectivity index (χ1v) is 6.36. The van der Waals surface area contributed by atoms with E-state index in [0.29, 0.717) is 6.42 Å². The normalized spacial score (nSPS) is 27.9. The summed E-state index contributed by atoms with van der Waals surface area (Å²) in [5, 5.41) is 2.79. The lowest BCUT2D eigenvalue weighted by molar-refractivity contribution is -0.335. The third-order valence-corrected chi connectivity index (χ3v) is 3.74. The Morgan fingerprint density at radius 1 is 1.10 bits per heavy atom. The molecule has 0 aliphatic heterocycles. The van der Waals surface area contributed by atoms with Gasteiger partial charge in [0.2, 0.25) is 6.10 Å². The Labute approximate surface area is 113 Å². The maximum absolute atomic E-state index is 12.5. The molecule has 0 aromatic rings. The molecule has 1 aliphatic rings. The van der Waals surface area contributed by atoms with E-state index in [1.165, 1.54) is 7.05 Å². The van der Waals surface area contributed by atoms with Crippen LogP contribution in [-0.2, 0) is 4.74 Å². The SMILES string of the molecule is CNC1C(OC(C(F)(F)F)C(F)(F)F)CCCC1(C)C. The van der Waals surface area contributed by atoms with Gasteiger partial charge in [0, 0.05) is 6.04 Å². The highest BCUT2D eigenvalue weighted by Gasteiger charge is 2.59. The summed E-state index contributed by atoms with van der Waals surface area (Å²) < 4.78 is 79.6. The fourth-order valence-corrected chi connectivity index (χ4v) is 2.82. The van der Waals surface area contributed by atoms with Gasteiger partial charge in [0.1, 0.15) is 0 Å². The van der Waals surface area contributed by atoms with Crippen molar-refractivity contribution < 1.29 is 31.1 Å². The van der Waals surface area contributed by atoms with Crippen LogP contribution >= 0.6 is 0 Å². The monoisotopic (exact) mass is 307 g/mol. The van der Waals surface area contributed by atoms with Gasteiger partial charge in [-0.2, -0.15) is 26.3 Å². The average molecular weight is 307 g/mol. The lowest BCUT2D eigenvalue weighted by Gasteiger charge is -2.45. The first-order chi connectivity index (χ1) is 8.89. The van der Waals surface area contributed by atoms with Crippen molar-refractivity contribution in [2.24, 2.45) is 5.41 Å². The minimum Gasteiger partial charge on any atom is -0.356 e. The number of ether oxygens (including phenoxy) is 1. The second-order valence-electron chi connectivity index (χ2n) is 5.78. The number of rotatable bonds is 3. The smallest absolute Gasteiger partial charge is 0.356 e. The molecular formula is C12H19F6NO. The fourth-order valence-electron chi connectivity index (χ4n) is 2.82. The van der Waals surface area contributed by atoms with Crippen molar-refractivity contribution in [3.8, 4) is 0 Å². The molecule has 0 aromatic heterocycles. The van der Waals surface area contributed by atoms with Gasteiger partial charge >= 0.3 is 12.4 Å². The second kappa shape index (κ2) is 5.71. The van der Waals surface area contributed by atoms with Gasteiger partial charge in [0.15, 0.2) is 0 Å². The summed E-state index contributed by atoms with van der Waals surface area (Å²) in [5.74, 6) is 0. The Balaban J connectivity index is 2.93. The van der Waals surface area contributed by atoms with Crippen molar-refractivity contribution in [1.82, 2.24) is 5.32 Å². The van der Waals surface area contributed by atoms with Crippen LogP contribution < -0.4 is 5.32 Å². The van der Waals surface area contributed by atoms with E-state index in [-0.39, 0.29) is 6.42 Å².